The van der Waals surface area contributed by atoms with Gasteiger partial charge in [0.2, 0.25) is 11.8 Å². The maximum absolute atomic E-state index is 13.8. The monoisotopic (exact) mass is 463 g/mol. The first-order valence-corrected chi connectivity index (χ1v) is 12.0. The number of aldehydes is 1. The van der Waals surface area contributed by atoms with Crippen LogP contribution in [0.25, 0.3) is 0 Å². The molecular weight excluding hydrogens is 422 g/mol. The number of carbonyl (C=O) groups excluding carboxylic acids is 4. The van der Waals surface area contributed by atoms with Crippen LogP contribution >= 0.6 is 0 Å². The fourth-order valence-corrected chi connectivity index (χ4v) is 5.78. The Hall–Kier alpha value is -2.12. The Bertz CT molecular complexity index is 832. The highest BCUT2D eigenvalue weighted by molar-refractivity contribution is 5.94. The number of ether oxygens (including phenoxy) is 1. The topological polar surface area (TPSA) is 105 Å². The maximum atomic E-state index is 13.8. The van der Waals surface area contributed by atoms with Crippen molar-refractivity contribution in [1.82, 2.24) is 15.5 Å². The number of likely N-dealkylation sites (tertiary alicyclic amines) is 1. The second-order valence-electron chi connectivity index (χ2n) is 13.1. The average molecular weight is 464 g/mol. The van der Waals surface area contributed by atoms with Gasteiger partial charge in [-0.2, -0.15) is 0 Å². The third kappa shape index (κ3) is 4.90. The molecule has 0 spiro atoms. The molecule has 0 aromatic carbocycles. The van der Waals surface area contributed by atoms with E-state index in [1.165, 1.54) is 0 Å². The van der Waals surface area contributed by atoms with Gasteiger partial charge >= 0.3 is 6.09 Å². The number of hydrogen-bond acceptors (Lipinski definition) is 5. The molecule has 2 aliphatic carbocycles. The molecule has 3 rings (SSSR count). The summed E-state index contributed by atoms with van der Waals surface area (Å²) in [5.74, 6) is 0.0610. The van der Waals surface area contributed by atoms with Gasteiger partial charge in [-0.15, -0.1) is 0 Å². The van der Waals surface area contributed by atoms with Crippen LogP contribution in [-0.4, -0.2) is 58.9 Å². The van der Waals surface area contributed by atoms with E-state index < -0.39 is 34.7 Å². The molecule has 0 aromatic heterocycles. The Balaban J connectivity index is 1.82. The molecule has 2 N–H and O–H groups in total. The molecule has 33 heavy (non-hydrogen) atoms. The van der Waals surface area contributed by atoms with E-state index in [9.17, 15) is 19.2 Å². The van der Waals surface area contributed by atoms with E-state index in [-0.39, 0.29) is 29.1 Å². The SMILES string of the molecule is CC1CC(C=O)(NC(=O)[C@@H]2[C@@H]3[C@H](CN2C(=O)[C@@H](NC(=O)OC(C)(C)C)C(C)(C)C)C3(C)C)C1. The van der Waals surface area contributed by atoms with Crippen LogP contribution in [0.2, 0.25) is 0 Å². The highest BCUT2D eigenvalue weighted by Crippen LogP contribution is 2.65. The summed E-state index contributed by atoms with van der Waals surface area (Å²) < 4.78 is 5.39. The largest absolute Gasteiger partial charge is 0.444 e. The fraction of sp³-hybridized carbons (Fsp3) is 0.840. The molecule has 186 valence electrons. The molecule has 8 heteroatoms. The van der Waals surface area contributed by atoms with Crippen molar-refractivity contribution < 1.29 is 23.9 Å². The molecule has 3 amide bonds. The van der Waals surface area contributed by atoms with Crippen molar-refractivity contribution in [3.63, 3.8) is 0 Å². The highest BCUT2D eigenvalue weighted by Gasteiger charge is 2.70. The quantitative estimate of drug-likeness (QED) is 0.610. The van der Waals surface area contributed by atoms with Crippen LogP contribution in [-0.2, 0) is 19.1 Å². The van der Waals surface area contributed by atoms with Gasteiger partial charge in [0.25, 0.3) is 0 Å². The zero-order valence-electron chi connectivity index (χ0n) is 21.6. The Morgan fingerprint density at radius 1 is 1.09 bits per heavy atom. The summed E-state index contributed by atoms with van der Waals surface area (Å²) in [6.07, 6.45) is 1.41. The summed E-state index contributed by atoms with van der Waals surface area (Å²) in [7, 11) is 0. The van der Waals surface area contributed by atoms with Crippen molar-refractivity contribution >= 4 is 24.2 Å². The Labute approximate surface area is 197 Å². The highest BCUT2D eigenvalue weighted by atomic mass is 16.6. The minimum Gasteiger partial charge on any atom is -0.444 e. The summed E-state index contributed by atoms with van der Waals surface area (Å²) >= 11 is 0. The van der Waals surface area contributed by atoms with Gasteiger partial charge in [-0.25, -0.2) is 4.79 Å². The lowest BCUT2D eigenvalue weighted by atomic mass is 9.70. The Morgan fingerprint density at radius 3 is 2.12 bits per heavy atom. The van der Waals surface area contributed by atoms with Crippen LogP contribution in [0.15, 0.2) is 0 Å². The van der Waals surface area contributed by atoms with Gasteiger partial charge in [-0.1, -0.05) is 41.5 Å². The van der Waals surface area contributed by atoms with Gasteiger partial charge < -0.3 is 25.1 Å². The predicted octanol–water partition coefficient (Wildman–Crippen LogP) is 2.89. The molecule has 2 saturated carbocycles. The van der Waals surface area contributed by atoms with Crippen LogP contribution in [0, 0.1) is 28.6 Å². The molecule has 8 nitrogen and oxygen atoms in total. The van der Waals surface area contributed by atoms with Crippen LogP contribution in [0.1, 0.15) is 75.2 Å². The minimum atomic E-state index is -0.855. The first-order chi connectivity index (χ1) is 14.9. The normalized spacial score (nSPS) is 33.3. The number of nitrogens with one attached hydrogen (secondary N) is 2. The Kier molecular flexibility index (Phi) is 6.17. The molecule has 0 bridgehead atoms. The maximum Gasteiger partial charge on any atom is 0.408 e. The van der Waals surface area contributed by atoms with Gasteiger partial charge in [-0.3, -0.25) is 9.59 Å². The van der Waals surface area contributed by atoms with E-state index in [1.807, 2.05) is 20.8 Å². The van der Waals surface area contributed by atoms with Crippen LogP contribution < -0.4 is 10.6 Å². The van der Waals surface area contributed by atoms with Gasteiger partial charge in [0.15, 0.2) is 0 Å². The molecule has 1 aliphatic heterocycles. The van der Waals surface area contributed by atoms with Crippen LogP contribution in [0.4, 0.5) is 4.79 Å². The lowest BCUT2D eigenvalue weighted by molar-refractivity contribution is -0.145. The van der Waals surface area contributed by atoms with Crippen molar-refractivity contribution in [2.75, 3.05) is 6.54 Å². The van der Waals surface area contributed by atoms with E-state index in [2.05, 4.69) is 31.4 Å². The van der Waals surface area contributed by atoms with E-state index in [4.69, 9.17) is 4.74 Å². The van der Waals surface area contributed by atoms with Gasteiger partial charge in [0.05, 0.1) is 5.54 Å². The molecule has 4 atom stereocenters. The van der Waals surface area contributed by atoms with E-state index >= 15 is 0 Å². The molecule has 0 aromatic rings. The fourth-order valence-electron chi connectivity index (χ4n) is 5.78. The lowest BCUT2D eigenvalue weighted by Gasteiger charge is -2.44. The first kappa shape index (κ1) is 25.5. The smallest absolute Gasteiger partial charge is 0.408 e. The lowest BCUT2D eigenvalue weighted by Crippen LogP contribution is -2.64. The second-order valence-corrected chi connectivity index (χ2v) is 13.1. The van der Waals surface area contributed by atoms with Crippen LogP contribution in [0.3, 0.4) is 0 Å². The molecule has 3 fully saturated rings. The van der Waals surface area contributed by atoms with Crippen molar-refractivity contribution in [2.24, 2.45) is 28.6 Å². The number of rotatable bonds is 5. The number of piperidine rings is 1. The van der Waals surface area contributed by atoms with Crippen molar-refractivity contribution in [3.8, 4) is 0 Å². The first-order valence-electron chi connectivity index (χ1n) is 12.0. The standard InChI is InChI=1S/C25H41N3O5/c1-14-10-25(11-14,13-29)27-19(30)17-16-15(24(16,8)9)12-28(17)20(31)18(22(2,3)4)26-21(32)33-23(5,6)7/h13-18H,10-12H2,1-9H3,(H,26,32)(H,27,30)/t14?,15-,16-,17-,18+,25?/m0/s1. The molecule has 1 saturated heterocycles. The zero-order chi connectivity index (χ0) is 25.1. The molecule has 0 radical (unpaired) electrons. The summed E-state index contributed by atoms with van der Waals surface area (Å²) in [4.78, 5) is 53.1. The van der Waals surface area contributed by atoms with E-state index in [0.29, 0.717) is 25.3 Å². The summed E-state index contributed by atoms with van der Waals surface area (Å²) in [5, 5.41) is 5.72. The number of nitrogens with zero attached hydrogens (tertiary/aromatic N) is 1. The zero-order valence-corrected chi connectivity index (χ0v) is 21.6. The predicted molar refractivity (Wildman–Crippen MR) is 124 cm³/mol. The Morgan fingerprint density at radius 2 is 1.67 bits per heavy atom. The van der Waals surface area contributed by atoms with Crippen LogP contribution in [0.5, 0.6) is 0 Å². The third-order valence-electron chi connectivity index (χ3n) is 7.56. The van der Waals surface area contributed by atoms with Crippen molar-refractivity contribution in [2.45, 2.75) is 98.4 Å². The van der Waals surface area contributed by atoms with Gasteiger partial charge in [0.1, 0.15) is 24.0 Å². The molecular formula is C25H41N3O5. The van der Waals surface area contributed by atoms with Crippen molar-refractivity contribution in [1.29, 1.82) is 0 Å². The van der Waals surface area contributed by atoms with Crippen molar-refractivity contribution in [3.05, 3.63) is 0 Å². The summed E-state index contributed by atoms with van der Waals surface area (Å²) in [6.45, 7) is 17.7. The number of carbonyl (C=O) groups is 4. The van der Waals surface area contributed by atoms with E-state index in [0.717, 1.165) is 6.29 Å². The number of amides is 3. The number of alkyl carbamates (subject to hydrolysis) is 1. The van der Waals surface area contributed by atoms with Gasteiger partial charge in [0, 0.05) is 6.54 Å². The second kappa shape index (κ2) is 7.98. The molecule has 3 aliphatic rings. The number of fused-ring (bicyclic) bond motifs is 1. The van der Waals surface area contributed by atoms with E-state index in [1.54, 1.807) is 25.7 Å². The third-order valence-corrected chi connectivity index (χ3v) is 7.56. The summed E-state index contributed by atoms with van der Waals surface area (Å²) in [5.41, 5.74) is -2.17. The molecule has 0 unspecified atom stereocenters. The summed E-state index contributed by atoms with van der Waals surface area (Å²) in [6, 6.07) is -1.51. The minimum absolute atomic E-state index is 0.0322. The molecule has 1 heterocycles. The average Bonchev–Trinajstić information content (AvgIpc) is 2.98. The number of hydrogen-bond donors (Lipinski definition) is 2. The van der Waals surface area contributed by atoms with Gasteiger partial charge in [-0.05, 0) is 62.2 Å².